The molecule has 1 heterocycles. The van der Waals surface area contributed by atoms with Gasteiger partial charge in [0.1, 0.15) is 0 Å². The maximum atomic E-state index is 12.0. The lowest BCUT2D eigenvalue weighted by Gasteiger charge is -2.29. The molecule has 0 aromatic rings. The first-order valence-electron chi connectivity index (χ1n) is 5.91. The van der Waals surface area contributed by atoms with Gasteiger partial charge < -0.3 is 18.1 Å². The summed E-state index contributed by atoms with van der Waals surface area (Å²) in [5.74, 6) is 0. The van der Waals surface area contributed by atoms with Crippen LogP contribution in [-0.2, 0) is 27.9 Å². The number of carbonyl (C=O) groups excluding carboxylic acids is 1. The van der Waals surface area contributed by atoms with Crippen LogP contribution in [-0.4, -0.2) is 51.2 Å². The molecule has 1 saturated heterocycles. The van der Waals surface area contributed by atoms with Gasteiger partial charge >= 0.3 is 23.8 Å². The Balaban J connectivity index is 2.65. The summed E-state index contributed by atoms with van der Waals surface area (Å²) in [5.41, 5.74) is -0.971. The first kappa shape index (κ1) is 16.4. The molecule has 1 fully saturated rings. The van der Waals surface area contributed by atoms with Crippen molar-refractivity contribution in [2.24, 2.45) is 0 Å². The third-order valence-electron chi connectivity index (χ3n) is 2.28. The number of carbonyl (C=O) groups is 1. The highest BCUT2D eigenvalue weighted by atomic mass is 32.2. The Morgan fingerprint density at radius 1 is 1.21 bits per heavy atom. The van der Waals surface area contributed by atoms with Gasteiger partial charge in [-0.3, -0.25) is 4.57 Å². The minimum atomic E-state index is -4.31. The van der Waals surface area contributed by atoms with Crippen LogP contribution in [0.2, 0.25) is 0 Å². The van der Waals surface area contributed by atoms with E-state index in [0.29, 0.717) is 13.1 Å². The van der Waals surface area contributed by atoms with Crippen molar-refractivity contribution in [2.75, 3.05) is 31.8 Å². The molecule has 1 aliphatic heterocycles. The highest BCUT2D eigenvalue weighted by Gasteiger charge is 2.35. The quantitative estimate of drug-likeness (QED) is 0.517. The molecule has 19 heavy (non-hydrogen) atoms. The number of hydrogen-bond acceptors (Lipinski definition) is 7. The number of likely N-dealkylation sites (tertiary alicyclic amines) is 1. The van der Waals surface area contributed by atoms with Crippen LogP contribution < -0.4 is 0 Å². The minimum absolute atomic E-state index is 0.0346. The Bertz CT molecular complexity index is 449. The second kappa shape index (κ2) is 6.69. The molecule has 112 valence electrons. The molecule has 0 aromatic heterocycles. The largest absolute Gasteiger partial charge is 0.425 e. The van der Waals surface area contributed by atoms with Crippen molar-refractivity contribution in [3.63, 3.8) is 0 Å². The molecule has 8 nitrogen and oxygen atoms in total. The first-order chi connectivity index (χ1) is 8.82. The summed E-state index contributed by atoms with van der Waals surface area (Å²) in [6.45, 7) is 4.11. The average molecular weight is 315 g/mol. The second-order valence-corrected chi connectivity index (χ2v) is 7.88. The van der Waals surface area contributed by atoms with E-state index in [0.717, 1.165) is 6.42 Å². The molecule has 0 atom stereocenters. The average Bonchev–Trinajstić information content (AvgIpc) is 2.11. The third-order valence-corrected chi connectivity index (χ3v) is 6.51. The van der Waals surface area contributed by atoms with Gasteiger partial charge in [0.15, 0.2) is 5.49 Å². The van der Waals surface area contributed by atoms with Crippen molar-refractivity contribution in [1.82, 2.24) is 4.90 Å². The topological polar surface area (TPSA) is 99.2 Å². The minimum Gasteiger partial charge on any atom is -0.327 e. The highest BCUT2D eigenvalue weighted by molar-refractivity contribution is 7.94. The summed E-state index contributed by atoms with van der Waals surface area (Å²) in [7, 11) is -8.11. The molecule has 0 spiro atoms. The molecule has 0 bridgehead atoms. The summed E-state index contributed by atoms with van der Waals surface area (Å²) in [6, 6.07) is 0. The standard InChI is InChI=1S/C9H18NO7PS/c1-3-15-18(12,16-4-2)8-19(13,14)17-9(11)10-6-5-7-10/h3-8H2,1-2H3. The highest BCUT2D eigenvalue weighted by Crippen LogP contribution is 2.49. The maximum absolute atomic E-state index is 12.0. The molecular weight excluding hydrogens is 297 g/mol. The monoisotopic (exact) mass is 315 g/mol. The summed E-state index contributed by atoms with van der Waals surface area (Å²) in [6.07, 6.45) is -0.142. The lowest BCUT2D eigenvalue weighted by Crippen LogP contribution is -2.43. The molecule has 0 aromatic carbocycles. The Labute approximate surface area is 112 Å². The predicted octanol–water partition coefficient (Wildman–Crippen LogP) is 1.38. The Kier molecular flexibility index (Phi) is 5.79. The maximum Gasteiger partial charge on any atom is 0.425 e. The van der Waals surface area contributed by atoms with Gasteiger partial charge in [-0.1, -0.05) is 0 Å². The van der Waals surface area contributed by atoms with E-state index in [2.05, 4.69) is 4.18 Å². The number of rotatable bonds is 7. The van der Waals surface area contributed by atoms with Crippen molar-refractivity contribution in [1.29, 1.82) is 0 Å². The fourth-order valence-corrected chi connectivity index (χ4v) is 4.93. The van der Waals surface area contributed by atoms with E-state index >= 15 is 0 Å². The van der Waals surface area contributed by atoms with E-state index in [1.54, 1.807) is 13.8 Å². The van der Waals surface area contributed by atoms with Crippen molar-refractivity contribution >= 4 is 23.8 Å². The molecule has 0 saturated carbocycles. The molecule has 0 unspecified atom stereocenters. The first-order valence-corrected chi connectivity index (χ1v) is 9.21. The smallest absolute Gasteiger partial charge is 0.327 e. The van der Waals surface area contributed by atoms with Crippen LogP contribution in [0.5, 0.6) is 0 Å². The van der Waals surface area contributed by atoms with Crippen LogP contribution in [0, 0.1) is 0 Å². The van der Waals surface area contributed by atoms with Crippen molar-refractivity contribution in [3.05, 3.63) is 0 Å². The molecule has 0 aliphatic carbocycles. The van der Waals surface area contributed by atoms with E-state index in [9.17, 15) is 17.8 Å². The van der Waals surface area contributed by atoms with Crippen LogP contribution in [0.1, 0.15) is 20.3 Å². The van der Waals surface area contributed by atoms with Gasteiger partial charge in [0.25, 0.3) is 0 Å². The normalized spacial score (nSPS) is 16.0. The summed E-state index contributed by atoms with van der Waals surface area (Å²) < 4.78 is 49.4. The molecular formula is C9H18NO7PS. The van der Waals surface area contributed by atoms with Crippen LogP contribution in [0.3, 0.4) is 0 Å². The molecule has 10 heteroatoms. The zero-order valence-corrected chi connectivity index (χ0v) is 12.6. The van der Waals surface area contributed by atoms with Gasteiger partial charge in [-0.05, 0) is 20.3 Å². The zero-order chi connectivity index (χ0) is 14.5. The SMILES string of the molecule is CCOP(=O)(CS(=O)(=O)OC(=O)N1CCC1)OCC. The van der Waals surface area contributed by atoms with Gasteiger partial charge in [-0.2, -0.15) is 8.42 Å². The van der Waals surface area contributed by atoms with E-state index < -0.39 is 29.3 Å². The van der Waals surface area contributed by atoms with Gasteiger partial charge in [0.2, 0.25) is 0 Å². The molecule has 1 amide bonds. The van der Waals surface area contributed by atoms with Crippen molar-refractivity contribution in [3.8, 4) is 0 Å². The molecule has 0 radical (unpaired) electrons. The van der Waals surface area contributed by atoms with E-state index in [1.165, 1.54) is 4.90 Å². The summed E-state index contributed by atoms with van der Waals surface area (Å²) in [4.78, 5) is 12.6. The van der Waals surface area contributed by atoms with Crippen molar-refractivity contribution < 1.29 is 31.0 Å². The molecule has 1 rings (SSSR count). The Morgan fingerprint density at radius 2 is 1.74 bits per heavy atom. The van der Waals surface area contributed by atoms with Crippen LogP contribution >= 0.6 is 7.60 Å². The number of amides is 1. The molecule has 1 aliphatic rings. The third kappa shape index (κ3) is 5.10. The van der Waals surface area contributed by atoms with Gasteiger partial charge in [0.05, 0.1) is 13.2 Å². The molecule has 0 N–H and O–H groups in total. The summed E-state index contributed by atoms with van der Waals surface area (Å²) in [5, 5.41) is 0. The Morgan fingerprint density at radius 3 is 2.11 bits per heavy atom. The van der Waals surface area contributed by atoms with E-state index in [1.807, 2.05) is 0 Å². The summed E-state index contributed by atoms with van der Waals surface area (Å²) >= 11 is 0. The fourth-order valence-electron chi connectivity index (χ4n) is 1.39. The van der Waals surface area contributed by atoms with Crippen LogP contribution in [0.4, 0.5) is 4.79 Å². The second-order valence-electron chi connectivity index (χ2n) is 3.82. The van der Waals surface area contributed by atoms with Gasteiger partial charge in [0, 0.05) is 13.1 Å². The zero-order valence-electron chi connectivity index (χ0n) is 10.9. The van der Waals surface area contributed by atoms with E-state index in [-0.39, 0.29) is 13.2 Å². The fraction of sp³-hybridized carbons (Fsp3) is 0.889. The van der Waals surface area contributed by atoms with Crippen molar-refractivity contribution in [2.45, 2.75) is 20.3 Å². The lowest BCUT2D eigenvalue weighted by molar-refractivity contribution is 0.127. The van der Waals surface area contributed by atoms with Crippen LogP contribution in [0.25, 0.3) is 0 Å². The predicted molar refractivity (Wildman–Crippen MR) is 67.3 cm³/mol. The van der Waals surface area contributed by atoms with Gasteiger partial charge in [-0.15, -0.1) is 0 Å². The van der Waals surface area contributed by atoms with E-state index in [4.69, 9.17) is 9.05 Å². The van der Waals surface area contributed by atoms with Gasteiger partial charge in [-0.25, -0.2) is 4.79 Å². The number of hydrogen-bond donors (Lipinski definition) is 0. The number of nitrogens with zero attached hydrogens (tertiary/aromatic N) is 1. The van der Waals surface area contributed by atoms with Crippen LogP contribution in [0.15, 0.2) is 0 Å². The lowest BCUT2D eigenvalue weighted by atomic mass is 10.2. The Hall–Kier alpha value is -0.630.